The Labute approximate surface area is 109 Å². The van der Waals surface area contributed by atoms with Crippen molar-refractivity contribution in [2.45, 2.75) is 19.1 Å². The SMILES string of the molecule is NCc1ccc(C(F)(F)F)nc1N1CCCOCC1. The standard InChI is InChI=1S/C12H16F3N3O/c13-12(14,15)10-3-2-9(8-16)11(17-10)18-4-1-6-19-7-5-18/h2-3H,1,4-8,16H2. The molecule has 0 atom stereocenters. The van der Waals surface area contributed by atoms with Crippen LogP contribution in [0.5, 0.6) is 0 Å². The Morgan fingerprint density at radius 2 is 2.05 bits per heavy atom. The Hall–Kier alpha value is -1.34. The van der Waals surface area contributed by atoms with Crippen molar-refractivity contribution < 1.29 is 17.9 Å². The van der Waals surface area contributed by atoms with E-state index in [-0.39, 0.29) is 6.54 Å². The van der Waals surface area contributed by atoms with E-state index in [1.165, 1.54) is 6.07 Å². The molecule has 0 spiro atoms. The van der Waals surface area contributed by atoms with Crippen molar-refractivity contribution in [1.29, 1.82) is 0 Å². The second-order valence-corrected chi connectivity index (χ2v) is 4.33. The summed E-state index contributed by atoms with van der Waals surface area (Å²) >= 11 is 0. The predicted octanol–water partition coefficient (Wildman–Crippen LogP) is 1.79. The van der Waals surface area contributed by atoms with E-state index in [4.69, 9.17) is 10.5 Å². The Bertz CT molecular complexity index is 429. The second kappa shape index (κ2) is 5.75. The van der Waals surface area contributed by atoms with Crippen molar-refractivity contribution >= 4 is 5.82 Å². The molecule has 0 amide bonds. The average Bonchev–Trinajstić information content (AvgIpc) is 2.65. The number of nitrogens with two attached hydrogens (primary N) is 1. The highest BCUT2D eigenvalue weighted by molar-refractivity contribution is 5.48. The largest absolute Gasteiger partial charge is 0.433 e. The zero-order chi connectivity index (χ0) is 13.9. The Kier molecular flexibility index (Phi) is 4.26. The van der Waals surface area contributed by atoms with Gasteiger partial charge in [-0.2, -0.15) is 13.2 Å². The van der Waals surface area contributed by atoms with Gasteiger partial charge in [-0.25, -0.2) is 4.98 Å². The minimum atomic E-state index is -4.44. The van der Waals surface area contributed by atoms with Crippen molar-refractivity contribution in [3.63, 3.8) is 0 Å². The summed E-state index contributed by atoms with van der Waals surface area (Å²) in [5.41, 5.74) is 5.31. The maximum absolute atomic E-state index is 12.7. The van der Waals surface area contributed by atoms with Crippen LogP contribution in [-0.2, 0) is 17.5 Å². The maximum atomic E-state index is 12.7. The minimum Gasteiger partial charge on any atom is -0.380 e. The van der Waals surface area contributed by atoms with Gasteiger partial charge in [-0.1, -0.05) is 6.07 Å². The van der Waals surface area contributed by atoms with Gasteiger partial charge >= 0.3 is 6.18 Å². The van der Waals surface area contributed by atoms with Crippen molar-refractivity contribution in [2.24, 2.45) is 5.73 Å². The van der Waals surface area contributed by atoms with Crippen LogP contribution in [0.4, 0.5) is 19.0 Å². The van der Waals surface area contributed by atoms with E-state index in [1.54, 1.807) is 0 Å². The summed E-state index contributed by atoms with van der Waals surface area (Å²) in [5, 5.41) is 0. The number of hydrogen-bond acceptors (Lipinski definition) is 4. The molecule has 2 rings (SSSR count). The number of hydrogen-bond donors (Lipinski definition) is 1. The van der Waals surface area contributed by atoms with E-state index >= 15 is 0 Å². The lowest BCUT2D eigenvalue weighted by Gasteiger charge is -2.24. The van der Waals surface area contributed by atoms with Gasteiger partial charge in [0.05, 0.1) is 6.61 Å². The smallest absolute Gasteiger partial charge is 0.380 e. The lowest BCUT2D eigenvalue weighted by molar-refractivity contribution is -0.141. The van der Waals surface area contributed by atoms with Crippen LogP contribution in [0.2, 0.25) is 0 Å². The topological polar surface area (TPSA) is 51.4 Å². The summed E-state index contributed by atoms with van der Waals surface area (Å²) in [4.78, 5) is 5.56. The van der Waals surface area contributed by atoms with Crippen LogP contribution in [0.15, 0.2) is 12.1 Å². The average molecular weight is 275 g/mol. The van der Waals surface area contributed by atoms with Crippen LogP contribution in [-0.4, -0.2) is 31.3 Å². The number of rotatable bonds is 2. The van der Waals surface area contributed by atoms with Gasteiger partial charge in [0.1, 0.15) is 11.5 Å². The van der Waals surface area contributed by atoms with Gasteiger partial charge in [-0.3, -0.25) is 0 Å². The van der Waals surface area contributed by atoms with Gasteiger partial charge < -0.3 is 15.4 Å². The number of anilines is 1. The van der Waals surface area contributed by atoms with E-state index in [2.05, 4.69) is 4.98 Å². The monoisotopic (exact) mass is 275 g/mol. The van der Waals surface area contributed by atoms with Crippen LogP contribution < -0.4 is 10.6 Å². The molecule has 1 aliphatic rings. The van der Waals surface area contributed by atoms with Gasteiger partial charge in [-0.05, 0) is 12.5 Å². The molecule has 1 aromatic heterocycles. The molecule has 2 N–H and O–H groups in total. The van der Waals surface area contributed by atoms with Crippen molar-refractivity contribution in [2.75, 3.05) is 31.2 Å². The third-order valence-corrected chi connectivity index (χ3v) is 2.99. The first-order valence-electron chi connectivity index (χ1n) is 6.12. The number of ether oxygens (including phenoxy) is 1. The number of halogens is 3. The Balaban J connectivity index is 2.34. The number of alkyl halides is 3. The van der Waals surface area contributed by atoms with Crippen LogP contribution in [0, 0.1) is 0 Å². The molecule has 7 heteroatoms. The van der Waals surface area contributed by atoms with Crippen LogP contribution in [0.3, 0.4) is 0 Å². The molecule has 1 fully saturated rings. The fraction of sp³-hybridized carbons (Fsp3) is 0.583. The molecule has 0 aliphatic carbocycles. The lowest BCUT2D eigenvalue weighted by atomic mass is 10.2. The van der Waals surface area contributed by atoms with E-state index < -0.39 is 11.9 Å². The van der Waals surface area contributed by atoms with Gasteiger partial charge in [0.2, 0.25) is 0 Å². The fourth-order valence-corrected chi connectivity index (χ4v) is 2.03. The minimum absolute atomic E-state index is 0.165. The van der Waals surface area contributed by atoms with E-state index in [0.29, 0.717) is 37.7 Å². The number of aromatic nitrogens is 1. The maximum Gasteiger partial charge on any atom is 0.433 e. The first-order valence-corrected chi connectivity index (χ1v) is 6.12. The predicted molar refractivity (Wildman–Crippen MR) is 64.8 cm³/mol. The Morgan fingerprint density at radius 3 is 2.74 bits per heavy atom. The molecule has 19 heavy (non-hydrogen) atoms. The first kappa shape index (κ1) is 14.1. The van der Waals surface area contributed by atoms with E-state index in [0.717, 1.165) is 12.5 Å². The summed E-state index contributed by atoms with van der Waals surface area (Å²) in [5.74, 6) is 0.322. The summed E-state index contributed by atoms with van der Waals surface area (Å²) in [6.45, 7) is 2.43. The Morgan fingerprint density at radius 1 is 1.26 bits per heavy atom. The second-order valence-electron chi connectivity index (χ2n) is 4.33. The van der Waals surface area contributed by atoms with Crippen molar-refractivity contribution in [1.82, 2.24) is 4.98 Å². The highest BCUT2D eigenvalue weighted by Gasteiger charge is 2.33. The molecule has 1 aliphatic heterocycles. The molecular formula is C12H16F3N3O. The molecule has 0 aromatic carbocycles. The molecule has 106 valence electrons. The van der Waals surface area contributed by atoms with Gasteiger partial charge in [0.15, 0.2) is 0 Å². The quantitative estimate of drug-likeness (QED) is 0.894. The molecule has 1 saturated heterocycles. The molecule has 4 nitrogen and oxygen atoms in total. The summed E-state index contributed by atoms with van der Waals surface area (Å²) in [6.07, 6.45) is -3.67. The molecule has 0 radical (unpaired) electrons. The van der Waals surface area contributed by atoms with Crippen molar-refractivity contribution in [3.8, 4) is 0 Å². The molecule has 1 aromatic rings. The zero-order valence-corrected chi connectivity index (χ0v) is 10.4. The van der Waals surface area contributed by atoms with Gasteiger partial charge in [0.25, 0.3) is 0 Å². The van der Waals surface area contributed by atoms with E-state index in [1.807, 2.05) is 4.90 Å². The molecule has 0 bridgehead atoms. The molecule has 2 heterocycles. The van der Waals surface area contributed by atoms with Gasteiger partial charge in [0, 0.05) is 31.8 Å². The van der Waals surface area contributed by atoms with E-state index in [9.17, 15) is 13.2 Å². The first-order chi connectivity index (χ1) is 9.02. The van der Waals surface area contributed by atoms with Gasteiger partial charge in [-0.15, -0.1) is 0 Å². The lowest BCUT2D eigenvalue weighted by Crippen LogP contribution is -2.29. The summed E-state index contributed by atoms with van der Waals surface area (Å²) in [6, 6.07) is 2.37. The van der Waals surface area contributed by atoms with Crippen LogP contribution in [0.25, 0.3) is 0 Å². The summed E-state index contributed by atoms with van der Waals surface area (Å²) in [7, 11) is 0. The number of pyridine rings is 1. The van der Waals surface area contributed by atoms with Crippen molar-refractivity contribution in [3.05, 3.63) is 23.4 Å². The normalized spacial score (nSPS) is 17.4. The third kappa shape index (κ3) is 3.36. The molecule has 0 unspecified atom stereocenters. The highest BCUT2D eigenvalue weighted by atomic mass is 19.4. The van der Waals surface area contributed by atoms with Crippen LogP contribution in [0.1, 0.15) is 17.7 Å². The summed E-state index contributed by atoms with van der Waals surface area (Å²) < 4.78 is 43.4. The number of nitrogens with zero attached hydrogens (tertiary/aromatic N) is 2. The highest BCUT2D eigenvalue weighted by Crippen LogP contribution is 2.30. The molecule has 0 saturated carbocycles. The fourth-order valence-electron chi connectivity index (χ4n) is 2.03. The van der Waals surface area contributed by atoms with Crippen LogP contribution >= 0.6 is 0 Å². The zero-order valence-electron chi connectivity index (χ0n) is 10.4. The third-order valence-electron chi connectivity index (χ3n) is 2.99. The molecular weight excluding hydrogens is 259 g/mol.